The smallest absolute Gasteiger partial charge is 0.255 e. The monoisotopic (exact) mass is 224 g/mol. The van der Waals surface area contributed by atoms with Crippen LogP contribution >= 0.6 is 11.5 Å². The maximum absolute atomic E-state index is 12.1. The lowest BCUT2D eigenvalue weighted by Gasteiger charge is -2.18. The Bertz CT molecular complexity index is 283. The SMILES string of the molecule is Nc1nsc(N(CCO)CC(F)F)n1. The third-order valence-electron chi connectivity index (χ3n) is 1.43. The molecule has 0 bridgehead atoms. The molecule has 0 amide bonds. The van der Waals surface area contributed by atoms with Gasteiger partial charge in [0, 0.05) is 18.1 Å². The fraction of sp³-hybridized carbons (Fsp3) is 0.667. The molecular formula is C6H10F2N4OS. The van der Waals surface area contributed by atoms with Crippen molar-refractivity contribution in [3.05, 3.63) is 0 Å². The van der Waals surface area contributed by atoms with Crippen molar-refractivity contribution in [3.63, 3.8) is 0 Å². The molecule has 0 saturated carbocycles. The van der Waals surface area contributed by atoms with E-state index in [2.05, 4.69) is 9.36 Å². The number of nitrogen functional groups attached to an aromatic ring is 1. The number of halogens is 2. The van der Waals surface area contributed by atoms with Crippen molar-refractivity contribution in [1.82, 2.24) is 9.36 Å². The molecule has 0 atom stereocenters. The van der Waals surface area contributed by atoms with E-state index in [-0.39, 0.29) is 19.1 Å². The molecule has 8 heteroatoms. The van der Waals surface area contributed by atoms with Gasteiger partial charge in [-0.1, -0.05) is 0 Å². The minimum absolute atomic E-state index is 0.0576. The van der Waals surface area contributed by atoms with Crippen molar-refractivity contribution in [2.75, 3.05) is 30.3 Å². The number of hydrogen-bond donors (Lipinski definition) is 2. The number of hydrogen-bond acceptors (Lipinski definition) is 6. The van der Waals surface area contributed by atoms with Crippen molar-refractivity contribution >= 4 is 22.6 Å². The highest BCUT2D eigenvalue weighted by molar-refractivity contribution is 7.09. The van der Waals surface area contributed by atoms with Crippen LogP contribution in [0.25, 0.3) is 0 Å². The van der Waals surface area contributed by atoms with Crippen molar-refractivity contribution in [3.8, 4) is 0 Å². The largest absolute Gasteiger partial charge is 0.395 e. The Kier molecular flexibility index (Phi) is 3.96. The Morgan fingerprint density at radius 1 is 1.57 bits per heavy atom. The van der Waals surface area contributed by atoms with E-state index in [0.717, 1.165) is 11.5 Å². The molecule has 14 heavy (non-hydrogen) atoms. The highest BCUT2D eigenvalue weighted by Crippen LogP contribution is 2.18. The maximum Gasteiger partial charge on any atom is 0.255 e. The summed E-state index contributed by atoms with van der Waals surface area (Å²) in [5.74, 6) is 0.0576. The zero-order valence-corrected chi connectivity index (χ0v) is 8.05. The van der Waals surface area contributed by atoms with Crippen LogP contribution in [0.3, 0.4) is 0 Å². The molecule has 1 rings (SSSR count). The molecule has 0 aliphatic rings. The van der Waals surface area contributed by atoms with E-state index < -0.39 is 13.0 Å². The first-order valence-corrected chi connectivity index (χ1v) is 4.64. The molecule has 1 aromatic rings. The molecule has 5 nitrogen and oxygen atoms in total. The Hall–Kier alpha value is -1.02. The van der Waals surface area contributed by atoms with Gasteiger partial charge in [-0.25, -0.2) is 8.78 Å². The predicted octanol–water partition coefficient (Wildman–Crippen LogP) is 0.184. The topological polar surface area (TPSA) is 75.3 Å². The van der Waals surface area contributed by atoms with E-state index in [1.807, 2.05) is 0 Å². The minimum Gasteiger partial charge on any atom is -0.395 e. The molecule has 0 spiro atoms. The third kappa shape index (κ3) is 3.04. The Morgan fingerprint density at radius 3 is 2.71 bits per heavy atom. The van der Waals surface area contributed by atoms with Crippen LogP contribution in [0, 0.1) is 0 Å². The van der Waals surface area contributed by atoms with Crippen LogP contribution < -0.4 is 10.6 Å². The second-order valence-corrected chi connectivity index (χ2v) is 3.23. The molecule has 0 saturated heterocycles. The molecule has 80 valence electrons. The Labute approximate surface area is 83.3 Å². The molecule has 1 heterocycles. The summed E-state index contributed by atoms with van der Waals surface area (Å²) in [5.41, 5.74) is 5.25. The first-order chi connectivity index (χ1) is 6.63. The van der Waals surface area contributed by atoms with Gasteiger partial charge in [-0.2, -0.15) is 9.36 Å². The Balaban J connectivity index is 2.66. The number of nitrogens with zero attached hydrogens (tertiary/aromatic N) is 3. The number of nitrogens with two attached hydrogens (primary N) is 1. The molecule has 0 aliphatic carbocycles. The van der Waals surface area contributed by atoms with Crippen LogP contribution in [0.4, 0.5) is 19.9 Å². The standard InChI is InChI=1S/C6H10F2N4OS/c7-4(8)3-12(1-2-13)6-10-5(9)11-14-6/h4,13H,1-3H2,(H2,9,11). The molecule has 0 aliphatic heterocycles. The lowest BCUT2D eigenvalue weighted by molar-refractivity contribution is 0.153. The lowest BCUT2D eigenvalue weighted by atomic mass is 10.5. The highest BCUT2D eigenvalue weighted by Gasteiger charge is 2.15. The first-order valence-electron chi connectivity index (χ1n) is 3.86. The van der Waals surface area contributed by atoms with Crippen LogP contribution in [-0.4, -0.2) is 40.6 Å². The van der Waals surface area contributed by atoms with Crippen LogP contribution in [0.5, 0.6) is 0 Å². The average Bonchev–Trinajstić information content (AvgIpc) is 2.50. The summed E-state index contributed by atoms with van der Waals surface area (Å²) >= 11 is 0.935. The van der Waals surface area contributed by atoms with E-state index in [1.54, 1.807) is 0 Å². The summed E-state index contributed by atoms with van der Waals surface area (Å²) in [5, 5.41) is 8.96. The summed E-state index contributed by atoms with van der Waals surface area (Å²) in [4.78, 5) is 5.00. The lowest BCUT2D eigenvalue weighted by Crippen LogP contribution is -2.31. The van der Waals surface area contributed by atoms with Crippen molar-refractivity contribution < 1.29 is 13.9 Å². The molecule has 0 unspecified atom stereocenters. The number of anilines is 2. The minimum atomic E-state index is -2.48. The van der Waals surface area contributed by atoms with Gasteiger partial charge in [-0.15, -0.1) is 0 Å². The van der Waals surface area contributed by atoms with Crippen LogP contribution in [0.2, 0.25) is 0 Å². The third-order valence-corrected chi connectivity index (χ3v) is 2.22. The maximum atomic E-state index is 12.1. The zero-order valence-electron chi connectivity index (χ0n) is 7.23. The van der Waals surface area contributed by atoms with Crippen LogP contribution in [0.1, 0.15) is 0 Å². The molecule has 1 aromatic heterocycles. The summed E-state index contributed by atoms with van der Waals surface area (Å²) < 4.78 is 27.9. The summed E-state index contributed by atoms with van der Waals surface area (Å²) in [6.45, 7) is -0.597. The van der Waals surface area contributed by atoms with Gasteiger partial charge in [0.25, 0.3) is 6.43 Å². The number of rotatable bonds is 5. The molecule has 0 aromatic carbocycles. The van der Waals surface area contributed by atoms with Gasteiger partial charge in [0.05, 0.1) is 13.2 Å². The van der Waals surface area contributed by atoms with Crippen LogP contribution in [-0.2, 0) is 0 Å². The fourth-order valence-electron chi connectivity index (χ4n) is 0.907. The summed E-state index contributed by atoms with van der Waals surface area (Å²) in [7, 11) is 0. The molecule has 0 fully saturated rings. The first kappa shape index (κ1) is 11.1. The fourth-order valence-corrected chi connectivity index (χ4v) is 1.54. The summed E-state index contributed by atoms with van der Waals surface area (Å²) in [6.07, 6.45) is -2.48. The van der Waals surface area contributed by atoms with E-state index >= 15 is 0 Å². The zero-order chi connectivity index (χ0) is 10.6. The van der Waals surface area contributed by atoms with Gasteiger partial charge < -0.3 is 15.7 Å². The molecular weight excluding hydrogens is 214 g/mol. The highest BCUT2D eigenvalue weighted by atomic mass is 32.1. The normalized spacial score (nSPS) is 10.9. The van der Waals surface area contributed by atoms with Crippen molar-refractivity contribution in [2.24, 2.45) is 0 Å². The second-order valence-electron chi connectivity index (χ2n) is 2.50. The predicted molar refractivity (Wildman–Crippen MR) is 49.6 cm³/mol. The molecule has 0 radical (unpaired) electrons. The number of aliphatic hydroxyl groups is 1. The number of aromatic nitrogens is 2. The van der Waals surface area contributed by atoms with E-state index in [9.17, 15) is 8.78 Å². The van der Waals surface area contributed by atoms with Gasteiger partial charge in [0.15, 0.2) is 0 Å². The number of alkyl halides is 2. The van der Waals surface area contributed by atoms with Crippen molar-refractivity contribution in [2.45, 2.75) is 6.43 Å². The quantitative estimate of drug-likeness (QED) is 0.746. The van der Waals surface area contributed by atoms with Crippen molar-refractivity contribution in [1.29, 1.82) is 0 Å². The van der Waals surface area contributed by atoms with Gasteiger partial charge in [0.1, 0.15) is 0 Å². The van der Waals surface area contributed by atoms with Gasteiger partial charge in [0.2, 0.25) is 11.1 Å². The van der Waals surface area contributed by atoms with Gasteiger partial charge >= 0.3 is 0 Å². The number of aliphatic hydroxyl groups excluding tert-OH is 1. The average molecular weight is 224 g/mol. The van der Waals surface area contributed by atoms with E-state index in [4.69, 9.17) is 10.8 Å². The Morgan fingerprint density at radius 2 is 2.29 bits per heavy atom. The second kappa shape index (κ2) is 5.01. The van der Waals surface area contributed by atoms with E-state index in [1.165, 1.54) is 4.90 Å². The summed E-state index contributed by atoms with van der Waals surface area (Å²) in [6, 6.07) is 0. The molecule has 3 N–H and O–H groups in total. The van der Waals surface area contributed by atoms with Gasteiger partial charge in [-0.05, 0) is 0 Å². The van der Waals surface area contributed by atoms with Crippen LogP contribution in [0.15, 0.2) is 0 Å². The van der Waals surface area contributed by atoms with Gasteiger partial charge in [-0.3, -0.25) is 0 Å². The van der Waals surface area contributed by atoms with E-state index in [0.29, 0.717) is 5.13 Å².